The third kappa shape index (κ3) is 3.96. The Morgan fingerprint density at radius 2 is 1.92 bits per heavy atom. The Balaban J connectivity index is 2.00. The molecule has 1 saturated carbocycles. The molecule has 2 atom stereocenters. The molecular formula is C19H28N2O3. The van der Waals surface area contributed by atoms with E-state index in [4.69, 9.17) is 0 Å². The van der Waals surface area contributed by atoms with Crippen LogP contribution in [0.3, 0.4) is 0 Å². The predicted octanol–water partition coefficient (Wildman–Crippen LogP) is 2.42. The van der Waals surface area contributed by atoms with Crippen LogP contribution in [0, 0.1) is 5.41 Å². The van der Waals surface area contributed by atoms with Crippen LogP contribution >= 0.6 is 0 Å². The largest absolute Gasteiger partial charge is 0.396 e. The summed E-state index contributed by atoms with van der Waals surface area (Å²) in [5.74, 6) is -1.30. The van der Waals surface area contributed by atoms with Crippen molar-refractivity contribution in [2.24, 2.45) is 5.41 Å². The van der Waals surface area contributed by atoms with Crippen LogP contribution in [0.1, 0.15) is 51.2 Å². The molecule has 2 rings (SSSR count). The fourth-order valence-electron chi connectivity index (χ4n) is 3.46. The van der Waals surface area contributed by atoms with Gasteiger partial charge in [-0.2, -0.15) is 0 Å². The molecule has 1 fully saturated rings. The number of aliphatic hydroxyl groups is 1. The van der Waals surface area contributed by atoms with Crippen LogP contribution in [0.15, 0.2) is 18.2 Å². The third-order valence-corrected chi connectivity index (χ3v) is 5.18. The molecule has 5 nitrogen and oxygen atoms in total. The van der Waals surface area contributed by atoms with Gasteiger partial charge in [-0.05, 0) is 48.9 Å². The Morgan fingerprint density at radius 3 is 2.54 bits per heavy atom. The summed E-state index contributed by atoms with van der Waals surface area (Å²) in [5.41, 5.74) is 2.73. The highest BCUT2D eigenvalue weighted by atomic mass is 16.3. The van der Waals surface area contributed by atoms with Gasteiger partial charge in [-0.1, -0.05) is 33.3 Å². The Hall–Kier alpha value is -1.88. The molecular weight excluding hydrogens is 304 g/mol. The molecule has 0 saturated heterocycles. The molecule has 1 aliphatic rings. The summed E-state index contributed by atoms with van der Waals surface area (Å²) in [6.07, 6.45) is 4.42. The van der Waals surface area contributed by atoms with E-state index in [9.17, 15) is 14.7 Å². The molecule has 1 aromatic rings. The second-order valence-corrected chi connectivity index (χ2v) is 6.88. The fourth-order valence-corrected chi connectivity index (χ4v) is 3.46. The Morgan fingerprint density at radius 1 is 1.21 bits per heavy atom. The van der Waals surface area contributed by atoms with Gasteiger partial charge in [-0.25, -0.2) is 0 Å². The van der Waals surface area contributed by atoms with Crippen LogP contribution in [0.5, 0.6) is 0 Å². The Kier molecular flexibility index (Phi) is 5.99. The van der Waals surface area contributed by atoms with Crippen molar-refractivity contribution in [1.29, 1.82) is 0 Å². The summed E-state index contributed by atoms with van der Waals surface area (Å²) in [7, 11) is 0. The van der Waals surface area contributed by atoms with Crippen LogP contribution in [-0.4, -0.2) is 29.6 Å². The van der Waals surface area contributed by atoms with Gasteiger partial charge < -0.3 is 15.7 Å². The molecule has 0 radical (unpaired) electrons. The Labute approximate surface area is 143 Å². The third-order valence-electron chi connectivity index (χ3n) is 5.18. The summed E-state index contributed by atoms with van der Waals surface area (Å²) in [5, 5.41) is 15.0. The highest BCUT2D eigenvalue weighted by Gasteiger charge is 2.39. The first kappa shape index (κ1) is 18.5. The van der Waals surface area contributed by atoms with Crippen LogP contribution in [0.4, 0.5) is 5.69 Å². The summed E-state index contributed by atoms with van der Waals surface area (Å²) in [6, 6.07) is 5.59. The molecule has 24 heavy (non-hydrogen) atoms. The summed E-state index contributed by atoms with van der Waals surface area (Å²) in [4.78, 5) is 24.3. The van der Waals surface area contributed by atoms with Crippen LogP contribution < -0.4 is 10.6 Å². The number of aryl methyl sites for hydroxylation is 2. The van der Waals surface area contributed by atoms with Gasteiger partial charge >= 0.3 is 11.8 Å². The molecule has 1 aromatic carbocycles. The molecule has 3 N–H and O–H groups in total. The average Bonchev–Trinajstić information content (AvgIpc) is 2.95. The molecule has 0 aromatic heterocycles. The lowest BCUT2D eigenvalue weighted by atomic mass is 9.86. The van der Waals surface area contributed by atoms with Gasteiger partial charge in [0.25, 0.3) is 0 Å². The minimum Gasteiger partial charge on any atom is -0.396 e. The van der Waals surface area contributed by atoms with Gasteiger partial charge in [-0.15, -0.1) is 0 Å². The summed E-state index contributed by atoms with van der Waals surface area (Å²) >= 11 is 0. The molecule has 2 amide bonds. The number of carbonyl (C=O) groups excluding carboxylic acids is 2. The molecule has 1 aliphatic carbocycles. The number of hydrogen-bond donors (Lipinski definition) is 3. The van der Waals surface area contributed by atoms with E-state index in [1.54, 1.807) is 0 Å². The van der Waals surface area contributed by atoms with Crippen LogP contribution in [0.25, 0.3) is 0 Å². The zero-order valence-electron chi connectivity index (χ0n) is 14.8. The number of anilines is 1. The topological polar surface area (TPSA) is 78.4 Å². The van der Waals surface area contributed by atoms with Gasteiger partial charge in [0.1, 0.15) is 0 Å². The number of benzene rings is 1. The van der Waals surface area contributed by atoms with Crippen LogP contribution in [0.2, 0.25) is 0 Å². The van der Waals surface area contributed by atoms with Crippen molar-refractivity contribution in [2.75, 3.05) is 11.9 Å². The number of hydrogen-bond acceptors (Lipinski definition) is 3. The van der Waals surface area contributed by atoms with Crippen molar-refractivity contribution in [3.8, 4) is 0 Å². The van der Waals surface area contributed by atoms with E-state index < -0.39 is 11.8 Å². The summed E-state index contributed by atoms with van der Waals surface area (Å²) in [6.45, 7) is 6.13. The lowest BCUT2D eigenvalue weighted by molar-refractivity contribution is -0.137. The van der Waals surface area contributed by atoms with E-state index in [1.165, 1.54) is 11.1 Å². The molecule has 0 aliphatic heterocycles. The number of carbonyl (C=O) groups is 2. The SMILES string of the molecule is CCc1ccc(NC(=O)C(=O)NC2CCCC2(C)CO)cc1CC. The molecule has 0 spiro atoms. The molecule has 5 heteroatoms. The normalized spacial score (nSPS) is 23.1. The minimum atomic E-state index is -0.659. The molecule has 0 bridgehead atoms. The standard InChI is InChI=1S/C19H28N2O3/c1-4-13-8-9-15(11-14(13)5-2)20-17(23)18(24)21-16-7-6-10-19(16,3)12-22/h8-9,11,16,22H,4-7,10,12H2,1-3H3,(H,20,23)(H,21,24). The lowest BCUT2D eigenvalue weighted by Gasteiger charge is -2.29. The van der Waals surface area contributed by atoms with E-state index in [2.05, 4.69) is 24.5 Å². The quantitative estimate of drug-likeness (QED) is 0.725. The average molecular weight is 332 g/mol. The van der Waals surface area contributed by atoms with Gasteiger partial charge in [0, 0.05) is 17.1 Å². The number of nitrogens with one attached hydrogen (secondary N) is 2. The second kappa shape index (κ2) is 7.79. The monoisotopic (exact) mass is 332 g/mol. The second-order valence-electron chi connectivity index (χ2n) is 6.88. The van der Waals surface area contributed by atoms with Crippen LogP contribution in [-0.2, 0) is 22.4 Å². The van der Waals surface area contributed by atoms with Gasteiger partial charge in [0.05, 0.1) is 6.61 Å². The van der Waals surface area contributed by atoms with E-state index in [1.807, 2.05) is 25.1 Å². The van der Waals surface area contributed by atoms with Crippen molar-refractivity contribution in [3.05, 3.63) is 29.3 Å². The lowest BCUT2D eigenvalue weighted by Crippen LogP contribution is -2.48. The van der Waals surface area contributed by atoms with Crippen molar-refractivity contribution < 1.29 is 14.7 Å². The molecule has 2 unspecified atom stereocenters. The van der Waals surface area contributed by atoms with Crippen molar-refractivity contribution >= 4 is 17.5 Å². The molecule has 132 valence electrons. The van der Waals surface area contributed by atoms with E-state index in [0.29, 0.717) is 5.69 Å². The minimum absolute atomic E-state index is 0.0118. The zero-order valence-corrected chi connectivity index (χ0v) is 14.8. The maximum Gasteiger partial charge on any atom is 0.313 e. The number of rotatable bonds is 5. The maximum absolute atomic E-state index is 12.2. The van der Waals surface area contributed by atoms with Gasteiger partial charge in [-0.3, -0.25) is 9.59 Å². The van der Waals surface area contributed by atoms with E-state index >= 15 is 0 Å². The Bertz CT molecular complexity index is 615. The van der Waals surface area contributed by atoms with Gasteiger partial charge in [0.2, 0.25) is 0 Å². The van der Waals surface area contributed by atoms with Crippen molar-refractivity contribution in [1.82, 2.24) is 5.32 Å². The summed E-state index contributed by atoms with van der Waals surface area (Å²) < 4.78 is 0. The van der Waals surface area contributed by atoms with Crippen molar-refractivity contribution in [2.45, 2.75) is 58.9 Å². The van der Waals surface area contributed by atoms with Crippen molar-refractivity contribution in [3.63, 3.8) is 0 Å². The zero-order chi connectivity index (χ0) is 17.7. The van der Waals surface area contributed by atoms with Gasteiger partial charge in [0.15, 0.2) is 0 Å². The maximum atomic E-state index is 12.2. The number of amides is 2. The van der Waals surface area contributed by atoms with E-state index in [-0.39, 0.29) is 18.1 Å². The predicted molar refractivity (Wildman–Crippen MR) is 94.8 cm³/mol. The highest BCUT2D eigenvalue weighted by molar-refractivity contribution is 6.39. The first-order valence-corrected chi connectivity index (χ1v) is 8.78. The number of aliphatic hydroxyl groups excluding tert-OH is 1. The highest BCUT2D eigenvalue weighted by Crippen LogP contribution is 2.37. The van der Waals surface area contributed by atoms with E-state index in [0.717, 1.165) is 32.1 Å². The molecule has 0 heterocycles. The fraction of sp³-hybridized carbons (Fsp3) is 0.579. The first-order chi connectivity index (χ1) is 11.4. The smallest absolute Gasteiger partial charge is 0.313 e. The first-order valence-electron chi connectivity index (χ1n) is 8.78.